The Hall–Kier alpha value is -2.11. The van der Waals surface area contributed by atoms with Gasteiger partial charge < -0.3 is 40.3 Å². The van der Waals surface area contributed by atoms with E-state index in [1.807, 2.05) is 6.08 Å². The number of allylic oxidation sites excluding steroid dienone is 9. The summed E-state index contributed by atoms with van der Waals surface area (Å²) < 4.78 is 11.3. The van der Waals surface area contributed by atoms with Gasteiger partial charge in [0.05, 0.1) is 25.4 Å². The molecule has 6 N–H and O–H groups in total. The molecule has 1 fully saturated rings. The second kappa shape index (κ2) is 61.0. The van der Waals surface area contributed by atoms with Crippen molar-refractivity contribution in [3.63, 3.8) is 0 Å². The molecule has 0 spiro atoms. The third-order valence-electron chi connectivity index (χ3n) is 16.6. The zero-order chi connectivity index (χ0) is 58.6. The summed E-state index contributed by atoms with van der Waals surface area (Å²) in [6.07, 6.45) is 77.5. The smallest absolute Gasteiger partial charge is 0.220 e. The van der Waals surface area contributed by atoms with Crippen LogP contribution in [0.15, 0.2) is 60.8 Å². The van der Waals surface area contributed by atoms with Crippen molar-refractivity contribution in [1.82, 2.24) is 5.32 Å². The lowest BCUT2D eigenvalue weighted by Gasteiger charge is -2.40. The molecule has 1 rings (SSSR count). The van der Waals surface area contributed by atoms with E-state index in [0.717, 1.165) is 64.2 Å². The molecule has 81 heavy (non-hydrogen) atoms. The number of unbranched alkanes of at least 4 members (excludes halogenated alkanes) is 43. The van der Waals surface area contributed by atoms with Crippen molar-refractivity contribution in [2.75, 3.05) is 13.2 Å². The third-order valence-corrected chi connectivity index (χ3v) is 16.6. The summed E-state index contributed by atoms with van der Waals surface area (Å²) in [5, 5.41) is 54.8. The molecule has 0 aromatic rings. The van der Waals surface area contributed by atoms with Gasteiger partial charge in [0.15, 0.2) is 6.29 Å². The highest BCUT2D eigenvalue weighted by Gasteiger charge is 2.44. The van der Waals surface area contributed by atoms with E-state index in [4.69, 9.17) is 9.47 Å². The van der Waals surface area contributed by atoms with Gasteiger partial charge >= 0.3 is 0 Å². The first-order valence-electron chi connectivity index (χ1n) is 35.0. The van der Waals surface area contributed by atoms with Crippen LogP contribution in [0.1, 0.15) is 335 Å². The summed E-state index contributed by atoms with van der Waals surface area (Å²) in [6.45, 7) is 3.71. The van der Waals surface area contributed by atoms with Crippen LogP contribution in [-0.2, 0) is 14.3 Å². The largest absolute Gasteiger partial charge is 0.394 e. The highest BCUT2D eigenvalue weighted by molar-refractivity contribution is 5.76. The minimum Gasteiger partial charge on any atom is -0.394 e. The Balaban J connectivity index is 2.12. The Morgan fingerprint density at radius 1 is 0.432 bits per heavy atom. The van der Waals surface area contributed by atoms with E-state index in [1.54, 1.807) is 6.08 Å². The zero-order valence-corrected chi connectivity index (χ0v) is 53.0. The number of ether oxygens (including phenoxy) is 2. The first kappa shape index (κ1) is 76.9. The second-order valence-corrected chi connectivity index (χ2v) is 24.3. The topological polar surface area (TPSA) is 149 Å². The van der Waals surface area contributed by atoms with Crippen LogP contribution in [0.25, 0.3) is 0 Å². The molecule has 1 heterocycles. The number of nitrogens with one attached hydrogen (secondary N) is 1. The van der Waals surface area contributed by atoms with Crippen LogP contribution in [0.5, 0.6) is 0 Å². The normalized spacial score (nSPS) is 18.7. The summed E-state index contributed by atoms with van der Waals surface area (Å²) in [6, 6.07) is -0.806. The van der Waals surface area contributed by atoms with E-state index >= 15 is 0 Å². The number of rotatable bonds is 61. The summed E-state index contributed by atoms with van der Waals surface area (Å²) in [5.41, 5.74) is 0. The van der Waals surface area contributed by atoms with Gasteiger partial charge in [-0.05, 0) is 57.8 Å². The number of aliphatic hydroxyl groups is 5. The average Bonchev–Trinajstić information content (AvgIpc) is 3.50. The van der Waals surface area contributed by atoms with Crippen molar-refractivity contribution in [3.8, 4) is 0 Å². The van der Waals surface area contributed by atoms with Gasteiger partial charge in [0.1, 0.15) is 24.4 Å². The van der Waals surface area contributed by atoms with E-state index in [9.17, 15) is 30.3 Å². The summed E-state index contributed by atoms with van der Waals surface area (Å²) in [5.74, 6) is -0.171. The summed E-state index contributed by atoms with van der Waals surface area (Å²) in [7, 11) is 0. The van der Waals surface area contributed by atoms with Gasteiger partial charge in [-0.25, -0.2) is 0 Å². The van der Waals surface area contributed by atoms with Crippen LogP contribution in [0.2, 0.25) is 0 Å². The number of hydrogen-bond acceptors (Lipinski definition) is 8. The first-order valence-corrected chi connectivity index (χ1v) is 35.0. The van der Waals surface area contributed by atoms with Crippen LogP contribution in [0.3, 0.4) is 0 Å². The van der Waals surface area contributed by atoms with Gasteiger partial charge in [-0.15, -0.1) is 0 Å². The van der Waals surface area contributed by atoms with E-state index in [0.29, 0.717) is 6.42 Å². The number of carbonyl (C=O) groups is 1. The zero-order valence-electron chi connectivity index (χ0n) is 53.0. The molecule has 474 valence electrons. The van der Waals surface area contributed by atoms with Gasteiger partial charge in [0, 0.05) is 6.42 Å². The SMILES string of the molecule is CC/C=C\C/C=C\C/C=C\C/C=C\CCCCCCCCCCCCCCCCCCCCCCC(=O)NC(COC1OC(CO)C(O)C(O)C1O)C(O)/C=C/CCCCCCCCCCCCCCCCCCCCCCCCC. The van der Waals surface area contributed by atoms with Crippen LogP contribution >= 0.6 is 0 Å². The highest BCUT2D eigenvalue weighted by Crippen LogP contribution is 2.23. The Morgan fingerprint density at radius 2 is 0.765 bits per heavy atom. The summed E-state index contributed by atoms with van der Waals surface area (Å²) in [4.78, 5) is 13.1. The van der Waals surface area contributed by atoms with Crippen molar-refractivity contribution < 1.29 is 39.8 Å². The molecule has 0 radical (unpaired) electrons. The van der Waals surface area contributed by atoms with E-state index in [-0.39, 0.29) is 12.5 Å². The van der Waals surface area contributed by atoms with Crippen LogP contribution in [-0.4, -0.2) is 87.5 Å². The van der Waals surface area contributed by atoms with Crippen molar-refractivity contribution >= 4 is 5.91 Å². The fraction of sp³-hybridized carbons (Fsp3) is 0.847. The second-order valence-electron chi connectivity index (χ2n) is 24.3. The molecule has 9 heteroatoms. The predicted molar refractivity (Wildman–Crippen MR) is 346 cm³/mol. The lowest BCUT2D eigenvalue weighted by Crippen LogP contribution is -2.60. The molecule has 1 amide bonds. The van der Waals surface area contributed by atoms with Crippen LogP contribution in [0, 0.1) is 0 Å². The predicted octanol–water partition coefficient (Wildman–Crippen LogP) is 19.0. The lowest BCUT2D eigenvalue weighted by atomic mass is 9.99. The third kappa shape index (κ3) is 49.8. The molecule has 1 aliphatic heterocycles. The van der Waals surface area contributed by atoms with E-state index in [1.165, 1.54) is 250 Å². The van der Waals surface area contributed by atoms with Gasteiger partial charge in [0.2, 0.25) is 5.91 Å². The molecule has 7 unspecified atom stereocenters. The molecule has 7 atom stereocenters. The minimum atomic E-state index is -1.57. The molecule has 0 bridgehead atoms. The van der Waals surface area contributed by atoms with E-state index < -0.39 is 49.5 Å². The van der Waals surface area contributed by atoms with Crippen molar-refractivity contribution in [2.24, 2.45) is 0 Å². The maximum Gasteiger partial charge on any atom is 0.220 e. The molecule has 0 aliphatic carbocycles. The van der Waals surface area contributed by atoms with Crippen LogP contribution in [0.4, 0.5) is 0 Å². The van der Waals surface area contributed by atoms with Gasteiger partial charge in [-0.2, -0.15) is 0 Å². The monoisotopic (exact) mass is 1140 g/mol. The number of amides is 1. The number of aliphatic hydroxyl groups excluding tert-OH is 5. The van der Waals surface area contributed by atoms with Crippen LogP contribution < -0.4 is 5.32 Å². The first-order chi connectivity index (χ1) is 39.8. The average molecular weight is 1140 g/mol. The molecule has 0 aromatic heterocycles. The van der Waals surface area contributed by atoms with Gasteiger partial charge in [-0.3, -0.25) is 4.79 Å². The number of hydrogen-bond donors (Lipinski definition) is 6. The van der Waals surface area contributed by atoms with E-state index in [2.05, 4.69) is 67.8 Å². The minimum absolute atomic E-state index is 0.171. The molecule has 0 saturated carbocycles. The molecular weight excluding hydrogens is 1010 g/mol. The standard InChI is InChI=1S/C72H133NO8/c1-3-5-7-9-11-13-15-17-19-21-23-25-27-29-30-31-32-33-34-35-36-38-40-42-44-46-48-50-52-54-56-58-60-62-68(76)73-65(64-80-72-71(79)70(78)69(77)67(63-74)81-72)66(75)61-59-57-55-53-51-49-47-45-43-41-39-37-28-26-24-22-20-18-16-14-12-10-8-6-4-2/h5,7,11,13,17,19,23,25,59,61,65-67,69-72,74-75,77-79H,3-4,6,8-10,12,14-16,18,20-22,24,26-58,60,62-64H2,1-2H3,(H,73,76)/b7-5-,13-11-,19-17-,25-23-,61-59+. The maximum atomic E-state index is 13.1. The molecule has 1 aliphatic rings. The van der Waals surface area contributed by atoms with Crippen molar-refractivity contribution in [1.29, 1.82) is 0 Å². The Morgan fingerprint density at radius 3 is 1.14 bits per heavy atom. The Labute approximate surface area is 500 Å². The molecule has 0 aromatic carbocycles. The fourth-order valence-electron chi connectivity index (χ4n) is 11.2. The Bertz CT molecular complexity index is 1460. The summed E-state index contributed by atoms with van der Waals surface area (Å²) >= 11 is 0. The lowest BCUT2D eigenvalue weighted by molar-refractivity contribution is -0.302. The molecule has 1 saturated heterocycles. The quantitative estimate of drug-likeness (QED) is 0.0261. The maximum absolute atomic E-state index is 13.1. The van der Waals surface area contributed by atoms with Gasteiger partial charge in [-0.1, -0.05) is 331 Å². The van der Waals surface area contributed by atoms with Crippen molar-refractivity contribution in [3.05, 3.63) is 60.8 Å². The van der Waals surface area contributed by atoms with Gasteiger partial charge in [0.25, 0.3) is 0 Å². The molecular formula is C72H133NO8. The molecule has 9 nitrogen and oxygen atoms in total. The highest BCUT2D eigenvalue weighted by atomic mass is 16.7. The van der Waals surface area contributed by atoms with Crippen molar-refractivity contribution in [2.45, 2.75) is 378 Å². The Kier molecular flexibility index (Phi) is 57.9. The fourth-order valence-corrected chi connectivity index (χ4v) is 11.2. The number of carbonyl (C=O) groups excluding carboxylic acids is 1.